The van der Waals surface area contributed by atoms with Crippen LogP contribution in [-0.2, 0) is 14.8 Å². The number of nitrogens with one attached hydrogen (secondary N) is 3. The highest BCUT2D eigenvalue weighted by Gasteiger charge is 2.22. The molecule has 0 atom stereocenters. The predicted octanol–water partition coefficient (Wildman–Crippen LogP) is 4.65. The van der Waals surface area contributed by atoms with Crippen LogP contribution in [0, 0.1) is 0 Å². The van der Waals surface area contributed by atoms with Gasteiger partial charge >= 0.3 is 0 Å². The largest absolute Gasteiger partial charge is 0.397 e. The van der Waals surface area contributed by atoms with Crippen LogP contribution in [0.15, 0.2) is 77.7 Å². The van der Waals surface area contributed by atoms with Gasteiger partial charge in [-0.2, -0.15) is 0 Å². The summed E-state index contributed by atoms with van der Waals surface area (Å²) in [5, 5.41) is 5.79. The van der Waals surface area contributed by atoms with Crippen molar-refractivity contribution in [2.24, 2.45) is 0 Å². The fourth-order valence-corrected chi connectivity index (χ4v) is 4.46. The topological polar surface area (TPSA) is 130 Å². The van der Waals surface area contributed by atoms with Gasteiger partial charge in [0.15, 0.2) is 0 Å². The second-order valence-corrected chi connectivity index (χ2v) is 9.38. The molecule has 0 spiro atoms. The maximum atomic E-state index is 12.8. The van der Waals surface area contributed by atoms with E-state index >= 15 is 0 Å². The zero-order valence-electron chi connectivity index (χ0n) is 18.9. The van der Waals surface area contributed by atoms with Gasteiger partial charge in [0.1, 0.15) is 4.90 Å². The summed E-state index contributed by atoms with van der Waals surface area (Å²) in [5.74, 6) is -1.11. The van der Waals surface area contributed by atoms with Crippen LogP contribution in [0.4, 0.5) is 22.7 Å². The molecule has 178 valence electrons. The van der Waals surface area contributed by atoms with E-state index in [1.165, 1.54) is 24.3 Å². The highest BCUT2D eigenvalue weighted by molar-refractivity contribution is 7.90. The summed E-state index contributed by atoms with van der Waals surface area (Å²) in [4.78, 5) is 24.7. The molecule has 5 N–H and O–H groups in total. The number of unbranched alkanes of at least 4 members (excludes halogenated alkanes) is 2. The van der Waals surface area contributed by atoms with E-state index in [0.29, 0.717) is 17.8 Å². The average molecular weight is 481 g/mol. The Morgan fingerprint density at radius 3 is 2.29 bits per heavy atom. The van der Waals surface area contributed by atoms with E-state index in [2.05, 4.69) is 15.4 Å². The third-order valence-corrected chi connectivity index (χ3v) is 6.48. The van der Waals surface area contributed by atoms with Gasteiger partial charge in [-0.05, 0) is 48.9 Å². The number of hydrogen-bond acceptors (Lipinski definition) is 6. The molecule has 2 amide bonds. The van der Waals surface area contributed by atoms with Gasteiger partial charge in [0.25, 0.3) is 15.9 Å². The fraction of sp³-hybridized carbons (Fsp3) is 0.200. The van der Waals surface area contributed by atoms with Crippen molar-refractivity contribution in [3.63, 3.8) is 0 Å². The molecule has 0 aliphatic rings. The van der Waals surface area contributed by atoms with Gasteiger partial charge in [0.05, 0.1) is 17.1 Å². The minimum Gasteiger partial charge on any atom is -0.397 e. The number of hydrogen-bond donors (Lipinski definition) is 4. The predicted molar refractivity (Wildman–Crippen MR) is 134 cm³/mol. The van der Waals surface area contributed by atoms with E-state index in [-0.39, 0.29) is 22.6 Å². The summed E-state index contributed by atoms with van der Waals surface area (Å²) >= 11 is 0. The number of amides is 2. The number of benzene rings is 3. The highest BCUT2D eigenvalue weighted by atomic mass is 32.2. The van der Waals surface area contributed by atoms with Crippen molar-refractivity contribution in [2.45, 2.75) is 37.5 Å². The number of nitrogens with two attached hydrogens (primary N) is 1. The summed E-state index contributed by atoms with van der Waals surface area (Å²) in [5.41, 5.74) is 8.28. The Hall–Kier alpha value is -3.85. The van der Waals surface area contributed by atoms with Crippen molar-refractivity contribution >= 4 is 44.6 Å². The van der Waals surface area contributed by atoms with E-state index in [1.807, 2.05) is 37.3 Å². The molecule has 0 radical (unpaired) electrons. The summed E-state index contributed by atoms with van der Waals surface area (Å²) in [6.45, 7) is 1.99. The Morgan fingerprint density at radius 1 is 0.882 bits per heavy atom. The normalized spacial score (nSPS) is 11.0. The Morgan fingerprint density at radius 2 is 1.59 bits per heavy atom. The second kappa shape index (κ2) is 11.3. The van der Waals surface area contributed by atoms with Crippen molar-refractivity contribution in [2.75, 3.05) is 16.4 Å². The Labute approximate surface area is 199 Å². The summed E-state index contributed by atoms with van der Waals surface area (Å²) in [7, 11) is -4.15. The third-order valence-electron chi connectivity index (χ3n) is 5.05. The zero-order valence-corrected chi connectivity index (χ0v) is 19.7. The van der Waals surface area contributed by atoms with Crippen LogP contribution in [0.3, 0.4) is 0 Å². The first kappa shape index (κ1) is 24.8. The molecule has 0 aliphatic heterocycles. The Bertz CT molecular complexity index is 1260. The lowest BCUT2D eigenvalue weighted by Gasteiger charge is -2.14. The van der Waals surface area contributed by atoms with Gasteiger partial charge in [-0.3, -0.25) is 9.59 Å². The van der Waals surface area contributed by atoms with Crippen LogP contribution in [0.1, 0.15) is 43.0 Å². The molecule has 0 saturated heterocycles. The van der Waals surface area contributed by atoms with E-state index in [4.69, 9.17) is 5.73 Å². The summed E-state index contributed by atoms with van der Waals surface area (Å²) < 4.78 is 27.6. The number of anilines is 4. The standard InChI is InChI=1S/C25H28N4O4S/c1-2-3-5-14-24(30)29-34(32,33)23-13-9-8-12-22(23)28-25(31)18-15-16-21(20(26)17-18)27-19-10-6-4-7-11-19/h4,6-13,15-17,27H,2-3,5,14,26H2,1H3,(H,28,31)(H,29,30). The van der Waals surface area contributed by atoms with Crippen LogP contribution < -0.4 is 21.1 Å². The van der Waals surface area contributed by atoms with Gasteiger partial charge in [-0.25, -0.2) is 13.1 Å². The average Bonchev–Trinajstić information content (AvgIpc) is 2.81. The summed E-state index contributed by atoms with van der Waals surface area (Å²) in [6, 6.07) is 20.1. The van der Waals surface area contributed by atoms with Crippen LogP contribution in [-0.4, -0.2) is 20.2 Å². The molecule has 3 aromatic carbocycles. The van der Waals surface area contributed by atoms with Crippen LogP contribution in [0.2, 0.25) is 0 Å². The van der Waals surface area contributed by atoms with Crippen LogP contribution in [0.5, 0.6) is 0 Å². The quantitative estimate of drug-likeness (QED) is 0.247. The highest BCUT2D eigenvalue weighted by Crippen LogP contribution is 2.26. The molecule has 3 rings (SSSR count). The smallest absolute Gasteiger partial charge is 0.266 e. The minimum absolute atomic E-state index is 0.0615. The van der Waals surface area contributed by atoms with E-state index in [1.54, 1.807) is 18.2 Å². The molecule has 0 heterocycles. The van der Waals surface area contributed by atoms with Crippen molar-refractivity contribution in [3.05, 3.63) is 78.4 Å². The zero-order chi connectivity index (χ0) is 24.6. The van der Waals surface area contributed by atoms with Crippen molar-refractivity contribution in [1.29, 1.82) is 0 Å². The lowest BCUT2D eigenvalue weighted by atomic mass is 10.1. The van der Waals surface area contributed by atoms with Crippen molar-refractivity contribution in [3.8, 4) is 0 Å². The van der Waals surface area contributed by atoms with Crippen molar-refractivity contribution < 1.29 is 18.0 Å². The fourth-order valence-electron chi connectivity index (χ4n) is 3.28. The number of carbonyl (C=O) groups excluding carboxylic acids is 2. The first-order chi connectivity index (χ1) is 16.3. The molecule has 8 nitrogen and oxygen atoms in total. The first-order valence-electron chi connectivity index (χ1n) is 11.0. The molecule has 0 aromatic heterocycles. The lowest BCUT2D eigenvalue weighted by Crippen LogP contribution is -2.31. The van der Waals surface area contributed by atoms with Gasteiger partial charge in [-0.15, -0.1) is 0 Å². The van der Waals surface area contributed by atoms with Gasteiger partial charge in [-0.1, -0.05) is 50.1 Å². The molecule has 34 heavy (non-hydrogen) atoms. The monoisotopic (exact) mass is 480 g/mol. The first-order valence-corrected chi connectivity index (χ1v) is 12.5. The lowest BCUT2D eigenvalue weighted by molar-refractivity contribution is -0.119. The number of nitrogen functional groups attached to an aromatic ring is 1. The third kappa shape index (κ3) is 6.58. The molecular formula is C25H28N4O4S. The number of carbonyl (C=O) groups is 2. The number of rotatable bonds is 10. The number of sulfonamides is 1. The van der Waals surface area contributed by atoms with E-state index < -0.39 is 21.8 Å². The second-order valence-electron chi connectivity index (χ2n) is 7.73. The maximum absolute atomic E-state index is 12.8. The SMILES string of the molecule is CCCCCC(=O)NS(=O)(=O)c1ccccc1NC(=O)c1ccc(Nc2ccccc2)c(N)c1. The minimum atomic E-state index is -4.15. The molecule has 0 aliphatic carbocycles. The molecule has 0 saturated carbocycles. The van der Waals surface area contributed by atoms with Gasteiger partial charge in [0.2, 0.25) is 5.91 Å². The van der Waals surface area contributed by atoms with Gasteiger partial charge in [0, 0.05) is 17.7 Å². The molecule has 3 aromatic rings. The number of para-hydroxylation sites is 2. The Kier molecular flexibility index (Phi) is 8.26. The van der Waals surface area contributed by atoms with Gasteiger partial charge < -0.3 is 16.4 Å². The molecule has 9 heteroatoms. The molecule has 0 bridgehead atoms. The molecule has 0 fully saturated rings. The van der Waals surface area contributed by atoms with Crippen LogP contribution >= 0.6 is 0 Å². The Balaban J connectivity index is 1.74. The molecular weight excluding hydrogens is 452 g/mol. The van der Waals surface area contributed by atoms with E-state index in [9.17, 15) is 18.0 Å². The van der Waals surface area contributed by atoms with Crippen molar-refractivity contribution in [1.82, 2.24) is 4.72 Å². The van der Waals surface area contributed by atoms with E-state index in [0.717, 1.165) is 18.5 Å². The molecule has 0 unspecified atom stereocenters. The van der Waals surface area contributed by atoms with Crippen LogP contribution in [0.25, 0.3) is 0 Å². The maximum Gasteiger partial charge on any atom is 0.266 e. The summed E-state index contributed by atoms with van der Waals surface area (Å²) in [6.07, 6.45) is 2.47.